The summed E-state index contributed by atoms with van der Waals surface area (Å²) in [7, 11) is -10.1. The van der Waals surface area contributed by atoms with Crippen molar-refractivity contribution in [1.29, 1.82) is 0 Å². The molecule has 0 atom stereocenters. The minimum atomic E-state index is -5.05. The van der Waals surface area contributed by atoms with Crippen LogP contribution in [0.3, 0.4) is 0 Å². The minimum Gasteiger partial charge on any atom is -1.00 e. The average Bonchev–Trinajstić information content (AvgIpc) is 1.14. The Bertz CT molecular complexity index is 167. The monoisotopic (exact) mass is 334 g/mol. The van der Waals surface area contributed by atoms with Crippen LogP contribution in [0.4, 0.5) is 0 Å². The van der Waals surface area contributed by atoms with Crippen molar-refractivity contribution in [3.63, 3.8) is 0 Å². The maximum atomic E-state index is 9.63. The second kappa shape index (κ2) is 23.1. The molecule has 17 heteroatoms. The fourth-order valence-corrected chi connectivity index (χ4v) is 1.25. The summed E-state index contributed by atoms with van der Waals surface area (Å²) in [6.45, 7) is 0. The molecule has 16 N–H and O–H groups in total. The number of rotatable bonds is 2. The van der Waals surface area contributed by atoms with Gasteiger partial charge in [0.25, 0.3) is 0 Å². The molecule has 0 fully saturated rings. The zero-order valence-corrected chi connectivity index (χ0v) is 14.7. The molecule has 0 bridgehead atoms. The fraction of sp³-hybridized carbons (Fsp3) is 0. The Balaban J connectivity index is -0.00000000711. The van der Waals surface area contributed by atoms with Gasteiger partial charge in [-0.3, -0.25) is 0 Å². The topological polar surface area (TPSA) is 313 Å². The van der Waals surface area contributed by atoms with Crippen molar-refractivity contribution in [3.05, 3.63) is 0 Å². The molecule has 13 nitrogen and oxygen atoms in total. The molecule has 0 unspecified atom stereocenters. The van der Waals surface area contributed by atoms with Crippen LogP contribution in [-0.2, 0) is 13.4 Å². The van der Waals surface area contributed by atoms with Gasteiger partial charge in [-0.1, -0.05) is 0 Å². The zero-order chi connectivity index (χ0) is 7.71. The van der Waals surface area contributed by atoms with E-state index >= 15 is 0 Å². The molecule has 0 saturated heterocycles. The van der Waals surface area contributed by atoms with Gasteiger partial charge in [0.15, 0.2) is 0 Å². The number of hydrogen-bond donors (Lipinski definition) is 4. The number of phosphoric acid groups is 2. The predicted octanol–water partition coefficient (Wildman–Crippen LogP) is -11.5. The molecule has 0 spiro atoms. The summed E-state index contributed by atoms with van der Waals surface area (Å²) in [6, 6.07) is 0. The van der Waals surface area contributed by atoms with Gasteiger partial charge >= 0.3 is 74.8 Å². The smallest absolute Gasteiger partial charge is 1.00 e. The molecule has 0 saturated carbocycles. The van der Waals surface area contributed by atoms with Crippen molar-refractivity contribution < 1.29 is 128 Å². The van der Waals surface area contributed by atoms with Gasteiger partial charge in [0, 0.05) is 0 Å². The minimum absolute atomic E-state index is 0. The van der Waals surface area contributed by atoms with E-state index in [9.17, 15) is 9.13 Å². The SMILES string of the molecule is O.O.O.O.O.O.O=P(O)(O)OP(=O)(O)O.[H-].[H-].[Na+].[Na+]. The van der Waals surface area contributed by atoms with Crippen LogP contribution < -0.4 is 59.1 Å². The summed E-state index contributed by atoms with van der Waals surface area (Å²) in [5.74, 6) is 0. The molecular formula is H18Na2O13P2. The van der Waals surface area contributed by atoms with Crippen molar-refractivity contribution in [2.75, 3.05) is 0 Å². The van der Waals surface area contributed by atoms with Gasteiger partial charge < -0.3 is 55.3 Å². The van der Waals surface area contributed by atoms with Crippen molar-refractivity contribution in [2.24, 2.45) is 0 Å². The Morgan fingerprint density at radius 2 is 0.765 bits per heavy atom. The molecule has 0 aromatic heterocycles. The quantitative estimate of drug-likeness (QED) is 0.278. The van der Waals surface area contributed by atoms with Crippen molar-refractivity contribution in [1.82, 2.24) is 0 Å². The molecular weight excluding hydrogens is 316 g/mol. The van der Waals surface area contributed by atoms with Crippen molar-refractivity contribution in [3.8, 4) is 0 Å². The Morgan fingerprint density at radius 3 is 0.765 bits per heavy atom. The van der Waals surface area contributed by atoms with Crippen LogP contribution in [0.5, 0.6) is 0 Å². The van der Waals surface area contributed by atoms with E-state index in [-0.39, 0.29) is 94.8 Å². The first-order valence-electron chi connectivity index (χ1n) is 1.53. The Labute approximate surface area is 142 Å². The van der Waals surface area contributed by atoms with Gasteiger partial charge in [-0.2, -0.15) is 4.31 Å². The van der Waals surface area contributed by atoms with E-state index in [4.69, 9.17) is 19.6 Å². The van der Waals surface area contributed by atoms with Crippen LogP contribution in [0, 0.1) is 0 Å². The maximum Gasteiger partial charge on any atom is 1.00 e. The molecule has 0 aliphatic rings. The second-order valence-corrected chi connectivity index (χ2v) is 3.68. The van der Waals surface area contributed by atoms with E-state index in [0.29, 0.717) is 0 Å². The molecule has 0 amide bonds. The van der Waals surface area contributed by atoms with E-state index < -0.39 is 15.6 Å². The van der Waals surface area contributed by atoms with E-state index in [1.54, 1.807) is 0 Å². The van der Waals surface area contributed by atoms with Gasteiger partial charge in [-0.05, 0) is 0 Å². The van der Waals surface area contributed by atoms with Crippen LogP contribution in [-0.4, -0.2) is 52.4 Å². The summed E-state index contributed by atoms with van der Waals surface area (Å²) < 4.78 is 22.2. The third-order valence-electron chi connectivity index (χ3n) is 0.213. The summed E-state index contributed by atoms with van der Waals surface area (Å²) in [5.41, 5.74) is 0. The van der Waals surface area contributed by atoms with Crippen LogP contribution >= 0.6 is 15.6 Å². The van der Waals surface area contributed by atoms with Crippen LogP contribution in [0.25, 0.3) is 0 Å². The van der Waals surface area contributed by atoms with Gasteiger partial charge in [0.1, 0.15) is 0 Å². The largest absolute Gasteiger partial charge is 1.00 e. The molecule has 17 heavy (non-hydrogen) atoms. The Hall–Kier alpha value is 2.02. The average molecular weight is 334 g/mol. The second-order valence-electron chi connectivity index (χ2n) is 1.06. The molecule has 0 aliphatic heterocycles. The molecule has 108 valence electrons. The maximum absolute atomic E-state index is 9.63. The zero-order valence-electron chi connectivity index (χ0n) is 10.9. The van der Waals surface area contributed by atoms with E-state index in [0.717, 1.165) is 0 Å². The van der Waals surface area contributed by atoms with Crippen molar-refractivity contribution >= 4 is 15.6 Å². The molecule has 0 aliphatic carbocycles. The molecule has 0 aromatic carbocycles. The third-order valence-corrected chi connectivity index (χ3v) is 1.91. The van der Waals surface area contributed by atoms with Crippen LogP contribution in [0.15, 0.2) is 0 Å². The first-order valence-corrected chi connectivity index (χ1v) is 4.59. The van der Waals surface area contributed by atoms with Gasteiger partial charge in [0.2, 0.25) is 0 Å². The summed E-state index contributed by atoms with van der Waals surface area (Å²) >= 11 is 0. The Kier molecular flexibility index (Phi) is 83.7. The first-order chi connectivity index (χ1) is 3.71. The molecule has 0 aromatic rings. The van der Waals surface area contributed by atoms with E-state index in [1.807, 2.05) is 0 Å². The van der Waals surface area contributed by atoms with E-state index in [2.05, 4.69) is 4.31 Å². The van der Waals surface area contributed by atoms with Gasteiger partial charge in [-0.25, -0.2) is 9.13 Å². The first kappa shape index (κ1) is 61.5. The standard InChI is InChI=1S/2Na.H4O7P2.6H2O.2H/c;;1-8(2,3)7-9(4,5)6;;;;;;;;/h;;(H2,1,2,3)(H2,4,5,6);6*1H2;;/q2*+1;;;;;;;;2*-1. The predicted molar refractivity (Wildman–Crippen MR) is 49.1 cm³/mol. The molecule has 0 rings (SSSR count). The van der Waals surface area contributed by atoms with Gasteiger partial charge in [-0.15, -0.1) is 0 Å². The molecule has 0 radical (unpaired) electrons. The fourth-order valence-electron chi connectivity index (χ4n) is 0.139. The van der Waals surface area contributed by atoms with Gasteiger partial charge in [0.05, 0.1) is 0 Å². The summed E-state index contributed by atoms with van der Waals surface area (Å²) in [6.07, 6.45) is 0. The number of hydrogen-bond acceptors (Lipinski definition) is 3. The van der Waals surface area contributed by atoms with Crippen LogP contribution in [0.2, 0.25) is 0 Å². The molecule has 0 heterocycles. The summed E-state index contributed by atoms with van der Waals surface area (Å²) in [5, 5.41) is 0. The van der Waals surface area contributed by atoms with E-state index in [1.165, 1.54) is 0 Å². The third kappa shape index (κ3) is 71.9. The summed E-state index contributed by atoms with van der Waals surface area (Å²) in [4.78, 5) is 31.0. The normalized spacial score (nSPS) is 7.29. The Morgan fingerprint density at radius 1 is 0.647 bits per heavy atom. The van der Waals surface area contributed by atoms with Crippen LogP contribution in [0.1, 0.15) is 2.85 Å². The van der Waals surface area contributed by atoms with Crippen molar-refractivity contribution in [2.45, 2.75) is 0 Å².